The fraction of sp³-hybridized carbons (Fsp3) is 0.826. The molecule has 0 radical (unpaired) electrons. The van der Waals surface area contributed by atoms with Gasteiger partial charge in [-0.25, -0.2) is 0 Å². The van der Waals surface area contributed by atoms with Crippen LogP contribution in [0.5, 0.6) is 0 Å². The van der Waals surface area contributed by atoms with E-state index in [1.165, 1.54) is 0 Å². The van der Waals surface area contributed by atoms with Gasteiger partial charge in [0.1, 0.15) is 0 Å². The topological polar surface area (TPSA) is 38.7 Å². The molecule has 0 amide bonds. The Bertz CT molecular complexity index is 650. The van der Waals surface area contributed by atoms with Crippen molar-refractivity contribution in [2.24, 2.45) is 35.0 Å². The molecular formula is C23H36O3. The summed E-state index contributed by atoms with van der Waals surface area (Å²) in [5, 5.41) is 10.5. The number of aliphatic hydroxyl groups is 1. The van der Waals surface area contributed by atoms with Crippen LogP contribution in [0.2, 0.25) is 0 Å². The number of ether oxygens (including phenoxy) is 2. The predicted octanol–water partition coefficient (Wildman–Crippen LogP) is 4.40. The van der Waals surface area contributed by atoms with E-state index in [0.717, 1.165) is 32.5 Å². The minimum atomic E-state index is -1.70. The highest BCUT2D eigenvalue weighted by molar-refractivity contribution is 5.09. The molecule has 6 atom stereocenters. The molecule has 1 heterocycles. The van der Waals surface area contributed by atoms with Crippen LogP contribution >= 0.6 is 0 Å². The first-order chi connectivity index (χ1) is 13.0. The van der Waals surface area contributed by atoms with Crippen LogP contribution in [0.25, 0.3) is 0 Å². The Morgan fingerprint density at radius 1 is 1.31 bits per heavy atom. The van der Waals surface area contributed by atoms with E-state index in [1.807, 2.05) is 0 Å². The van der Waals surface area contributed by atoms with Crippen molar-refractivity contribution in [1.82, 2.24) is 0 Å². The molecule has 3 heteroatoms. The Hall–Kier alpha value is -0.820. The molecule has 26 heavy (non-hydrogen) atoms. The number of hydrogen-bond acceptors (Lipinski definition) is 3. The van der Waals surface area contributed by atoms with Gasteiger partial charge in [-0.15, -0.1) is 11.8 Å². The van der Waals surface area contributed by atoms with Gasteiger partial charge in [-0.2, -0.15) is 0 Å². The molecule has 0 aromatic carbocycles. The quantitative estimate of drug-likeness (QED) is 0.595. The van der Waals surface area contributed by atoms with Gasteiger partial charge in [0, 0.05) is 27.4 Å². The second-order valence-electron chi connectivity index (χ2n) is 9.46. The molecule has 2 aliphatic carbocycles. The fourth-order valence-corrected chi connectivity index (χ4v) is 4.91. The minimum Gasteiger partial charge on any atom is -0.389 e. The second-order valence-corrected chi connectivity index (χ2v) is 9.46. The Morgan fingerprint density at radius 3 is 2.65 bits per heavy atom. The van der Waals surface area contributed by atoms with Gasteiger partial charge in [-0.1, -0.05) is 39.8 Å². The van der Waals surface area contributed by atoms with Crippen LogP contribution in [0.3, 0.4) is 0 Å². The standard InChI is InChI=1S/C23H36O3/c1-6-7-8-16(2)21(24)10-9-19-17(3)11-18-12-23(13-20(18)19)25-14-22(4,5)15-26-23/h9-10,16-21,24H,8,11-15H2,1-5H3/b10-9+/t16?,17-,18-,19+,20+,21-/m1/s1/i8D2. The van der Waals surface area contributed by atoms with Crippen molar-refractivity contribution in [3.8, 4) is 11.8 Å². The average molecular weight is 363 g/mol. The molecular weight excluding hydrogens is 324 g/mol. The molecule has 1 spiro atoms. The van der Waals surface area contributed by atoms with Crippen molar-refractivity contribution < 1.29 is 17.3 Å². The van der Waals surface area contributed by atoms with Crippen LogP contribution < -0.4 is 0 Å². The van der Waals surface area contributed by atoms with Gasteiger partial charge in [0.25, 0.3) is 0 Å². The number of rotatable bonds is 4. The van der Waals surface area contributed by atoms with Crippen molar-refractivity contribution in [2.45, 2.75) is 72.1 Å². The zero-order valence-corrected chi connectivity index (χ0v) is 16.9. The lowest BCUT2D eigenvalue weighted by Gasteiger charge is -2.42. The van der Waals surface area contributed by atoms with Gasteiger partial charge in [0.2, 0.25) is 0 Å². The number of fused-ring (bicyclic) bond motifs is 1. The highest BCUT2D eigenvalue weighted by atomic mass is 16.7. The molecule has 3 fully saturated rings. The van der Waals surface area contributed by atoms with Gasteiger partial charge in [-0.3, -0.25) is 0 Å². The highest BCUT2D eigenvalue weighted by Crippen LogP contribution is 2.57. The van der Waals surface area contributed by atoms with E-state index in [0.29, 0.717) is 23.7 Å². The largest absolute Gasteiger partial charge is 0.389 e. The third-order valence-corrected chi connectivity index (χ3v) is 6.47. The van der Waals surface area contributed by atoms with Crippen molar-refractivity contribution in [2.75, 3.05) is 13.2 Å². The van der Waals surface area contributed by atoms with Crippen molar-refractivity contribution >= 4 is 0 Å². The predicted molar refractivity (Wildman–Crippen MR) is 104 cm³/mol. The van der Waals surface area contributed by atoms with E-state index < -0.39 is 24.2 Å². The van der Waals surface area contributed by atoms with E-state index in [4.69, 9.17) is 12.2 Å². The molecule has 3 rings (SSSR count). The van der Waals surface area contributed by atoms with Gasteiger partial charge in [0.05, 0.1) is 19.3 Å². The molecule has 1 saturated heterocycles. The summed E-state index contributed by atoms with van der Waals surface area (Å²) in [6.45, 7) is 11.5. The lowest BCUT2D eigenvalue weighted by molar-refractivity contribution is -0.298. The van der Waals surface area contributed by atoms with Crippen LogP contribution in [0, 0.1) is 46.8 Å². The minimum absolute atomic E-state index is 0.0796. The lowest BCUT2D eigenvalue weighted by atomic mass is 9.86. The van der Waals surface area contributed by atoms with Crippen LogP contribution in [-0.4, -0.2) is 30.2 Å². The van der Waals surface area contributed by atoms with Crippen molar-refractivity contribution in [3.63, 3.8) is 0 Å². The Morgan fingerprint density at radius 2 is 2.00 bits per heavy atom. The zero-order chi connectivity index (χ0) is 20.7. The van der Waals surface area contributed by atoms with Gasteiger partial charge in [0.15, 0.2) is 5.79 Å². The van der Waals surface area contributed by atoms with Crippen molar-refractivity contribution in [1.29, 1.82) is 0 Å². The molecule has 3 nitrogen and oxygen atoms in total. The Labute approximate surface area is 162 Å². The van der Waals surface area contributed by atoms with E-state index in [2.05, 4.69) is 38.7 Å². The summed E-state index contributed by atoms with van der Waals surface area (Å²) in [6.07, 6.45) is 4.41. The Balaban J connectivity index is 1.66. The fourth-order valence-electron chi connectivity index (χ4n) is 4.91. The summed E-state index contributed by atoms with van der Waals surface area (Å²) >= 11 is 0. The van der Waals surface area contributed by atoms with E-state index in [-0.39, 0.29) is 5.41 Å². The summed E-state index contributed by atoms with van der Waals surface area (Å²) < 4.78 is 28.5. The SMILES string of the molecule is [2H]C([2H])(C#CC)C(C)[C@H](O)/C=C/[C@@H]1[C@H]2CC3(C[C@H]2C[C@H]1C)OCC(C)(C)CO3. The van der Waals surface area contributed by atoms with E-state index in [1.54, 1.807) is 19.9 Å². The summed E-state index contributed by atoms with van der Waals surface area (Å²) in [7, 11) is 0. The maximum atomic E-state index is 10.5. The normalized spacial score (nSPS) is 39.0. The van der Waals surface area contributed by atoms with Gasteiger partial charge in [-0.05, 0) is 42.9 Å². The third-order valence-electron chi connectivity index (χ3n) is 6.47. The van der Waals surface area contributed by atoms with Crippen LogP contribution in [0.4, 0.5) is 0 Å². The molecule has 2 saturated carbocycles. The van der Waals surface area contributed by atoms with Crippen molar-refractivity contribution in [3.05, 3.63) is 12.2 Å². The van der Waals surface area contributed by atoms with Crippen LogP contribution in [0.1, 0.15) is 63.0 Å². The maximum Gasteiger partial charge on any atom is 0.168 e. The molecule has 146 valence electrons. The molecule has 0 bridgehead atoms. The smallest absolute Gasteiger partial charge is 0.168 e. The number of aliphatic hydroxyl groups excluding tert-OH is 1. The van der Waals surface area contributed by atoms with Crippen LogP contribution in [0.15, 0.2) is 12.2 Å². The first-order valence-electron chi connectivity index (χ1n) is 11.1. The van der Waals surface area contributed by atoms with Gasteiger partial charge >= 0.3 is 0 Å². The molecule has 1 unspecified atom stereocenters. The van der Waals surface area contributed by atoms with Crippen LogP contribution in [-0.2, 0) is 9.47 Å². The summed E-state index contributed by atoms with van der Waals surface area (Å²) in [4.78, 5) is 0. The Kier molecular flexibility index (Phi) is 5.09. The summed E-state index contributed by atoms with van der Waals surface area (Å²) in [6, 6.07) is 0. The second kappa shape index (κ2) is 7.66. The lowest BCUT2D eigenvalue weighted by Crippen LogP contribution is -2.46. The number of allylic oxidation sites excluding steroid dienone is 1. The van der Waals surface area contributed by atoms with Gasteiger partial charge < -0.3 is 14.6 Å². The first-order valence-corrected chi connectivity index (χ1v) is 10.1. The molecule has 1 aliphatic heterocycles. The van der Waals surface area contributed by atoms with E-state index >= 15 is 0 Å². The van der Waals surface area contributed by atoms with E-state index in [9.17, 15) is 5.11 Å². The molecule has 0 aromatic heterocycles. The maximum absolute atomic E-state index is 10.5. The monoisotopic (exact) mass is 362 g/mol. The molecule has 3 aliphatic rings. The zero-order valence-electron chi connectivity index (χ0n) is 18.9. The highest BCUT2D eigenvalue weighted by Gasteiger charge is 2.55. The summed E-state index contributed by atoms with van der Waals surface area (Å²) in [5.74, 6) is 6.23. The summed E-state index contributed by atoms with van der Waals surface area (Å²) in [5.41, 5.74) is 0.0796. The molecule has 0 aromatic rings. The first kappa shape index (κ1) is 17.3. The number of hydrogen-bond donors (Lipinski definition) is 1. The molecule has 1 N–H and O–H groups in total. The third kappa shape index (κ3) is 4.19. The average Bonchev–Trinajstić information content (AvgIpc) is 3.08.